The van der Waals surface area contributed by atoms with Crippen LogP contribution in [0.1, 0.15) is 10.5 Å². The molecule has 106 valence electrons. The van der Waals surface area contributed by atoms with Gasteiger partial charge < -0.3 is 24.5 Å². The third kappa shape index (κ3) is 3.15. The van der Waals surface area contributed by atoms with E-state index in [4.69, 9.17) is 9.47 Å². The van der Waals surface area contributed by atoms with Gasteiger partial charge in [0.05, 0.1) is 19.3 Å². The number of carbonyl (C=O) groups excluding carboxylic acids is 1. The Balaban J connectivity index is 1.88. The first-order valence-corrected chi connectivity index (χ1v) is 6.31. The van der Waals surface area contributed by atoms with E-state index in [1.807, 2.05) is 19.3 Å². The molecule has 1 saturated heterocycles. The zero-order valence-corrected chi connectivity index (χ0v) is 11.2. The Kier molecular flexibility index (Phi) is 4.57. The molecule has 0 radical (unpaired) electrons. The van der Waals surface area contributed by atoms with Crippen LogP contribution in [0.15, 0.2) is 18.3 Å². The van der Waals surface area contributed by atoms with Gasteiger partial charge in [0.15, 0.2) is 0 Å². The fraction of sp³-hybridized carbons (Fsp3) is 0.615. The molecule has 0 aromatic carbocycles. The van der Waals surface area contributed by atoms with E-state index in [-0.39, 0.29) is 17.9 Å². The van der Waals surface area contributed by atoms with E-state index in [2.05, 4.69) is 5.32 Å². The van der Waals surface area contributed by atoms with Crippen molar-refractivity contribution in [3.05, 3.63) is 24.0 Å². The quantitative estimate of drug-likeness (QED) is 0.791. The molecule has 1 aliphatic rings. The molecule has 0 aliphatic carbocycles. The first-order valence-electron chi connectivity index (χ1n) is 6.31. The number of ether oxygens (including phenoxy) is 2. The van der Waals surface area contributed by atoms with Gasteiger partial charge in [-0.2, -0.15) is 0 Å². The number of hydrogen-bond donors (Lipinski definition) is 2. The number of amides is 1. The van der Waals surface area contributed by atoms with Crippen molar-refractivity contribution in [3.63, 3.8) is 0 Å². The topological polar surface area (TPSA) is 72.7 Å². The molecule has 2 heterocycles. The second kappa shape index (κ2) is 6.18. The number of carbonyl (C=O) groups is 1. The summed E-state index contributed by atoms with van der Waals surface area (Å²) in [5.41, 5.74) is 0.592. The summed E-state index contributed by atoms with van der Waals surface area (Å²) in [4.78, 5) is 11.9. The summed E-state index contributed by atoms with van der Waals surface area (Å²) in [6, 6.07) is 3.57. The van der Waals surface area contributed by atoms with Crippen molar-refractivity contribution in [3.8, 4) is 0 Å². The van der Waals surface area contributed by atoms with Crippen LogP contribution in [-0.4, -0.2) is 54.7 Å². The van der Waals surface area contributed by atoms with Gasteiger partial charge in [-0.15, -0.1) is 0 Å². The first kappa shape index (κ1) is 14.0. The van der Waals surface area contributed by atoms with Gasteiger partial charge in [-0.05, 0) is 12.1 Å². The molecular weight excluding hydrogens is 248 g/mol. The number of rotatable bonds is 4. The minimum absolute atomic E-state index is 0.150. The Hall–Kier alpha value is -1.37. The lowest BCUT2D eigenvalue weighted by Crippen LogP contribution is -2.49. The Morgan fingerprint density at radius 1 is 1.63 bits per heavy atom. The van der Waals surface area contributed by atoms with Gasteiger partial charge in [0.25, 0.3) is 5.91 Å². The minimum atomic E-state index is -0.618. The molecular formula is C13H20N2O4. The summed E-state index contributed by atoms with van der Waals surface area (Å²) in [5, 5.41) is 12.9. The van der Waals surface area contributed by atoms with Crippen LogP contribution in [0.25, 0.3) is 0 Å². The van der Waals surface area contributed by atoms with E-state index >= 15 is 0 Å². The molecule has 6 heteroatoms. The third-order valence-electron chi connectivity index (χ3n) is 3.48. The molecule has 1 amide bonds. The summed E-state index contributed by atoms with van der Waals surface area (Å²) in [5.74, 6) is -0.304. The SMILES string of the molecule is CO[C@@H]1COC[C@@H](CNC(=O)c2cccn2C)[C@@H]1O. The Bertz CT molecular complexity index is 432. The van der Waals surface area contributed by atoms with Crippen LogP contribution >= 0.6 is 0 Å². The summed E-state index contributed by atoms with van der Waals surface area (Å²) in [6.07, 6.45) is 0.868. The maximum Gasteiger partial charge on any atom is 0.267 e. The van der Waals surface area contributed by atoms with Crippen molar-refractivity contribution in [2.24, 2.45) is 13.0 Å². The maximum absolute atomic E-state index is 11.9. The van der Waals surface area contributed by atoms with Crippen LogP contribution in [0.4, 0.5) is 0 Å². The number of aromatic nitrogens is 1. The minimum Gasteiger partial charge on any atom is -0.390 e. The van der Waals surface area contributed by atoms with E-state index in [1.54, 1.807) is 17.7 Å². The van der Waals surface area contributed by atoms with Crippen LogP contribution in [0.5, 0.6) is 0 Å². The molecule has 19 heavy (non-hydrogen) atoms. The van der Waals surface area contributed by atoms with Gasteiger partial charge >= 0.3 is 0 Å². The zero-order valence-electron chi connectivity index (χ0n) is 11.2. The van der Waals surface area contributed by atoms with E-state index in [9.17, 15) is 9.90 Å². The van der Waals surface area contributed by atoms with Crippen molar-refractivity contribution in [1.82, 2.24) is 9.88 Å². The lowest BCUT2D eigenvalue weighted by molar-refractivity contribution is -0.132. The predicted octanol–water partition coefficient (Wildman–Crippen LogP) is -0.223. The Labute approximate surface area is 112 Å². The van der Waals surface area contributed by atoms with Gasteiger partial charge in [-0.3, -0.25) is 4.79 Å². The number of nitrogens with zero attached hydrogens (tertiary/aromatic N) is 1. The highest BCUT2D eigenvalue weighted by atomic mass is 16.5. The summed E-state index contributed by atoms with van der Waals surface area (Å²) < 4.78 is 12.3. The molecule has 3 atom stereocenters. The Morgan fingerprint density at radius 3 is 3.05 bits per heavy atom. The van der Waals surface area contributed by atoms with Crippen molar-refractivity contribution >= 4 is 5.91 Å². The highest BCUT2D eigenvalue weighted by Crippen LogP contribution is 2.16. The van der Waals surface area contributed by atoms with Crippen molar-refractivity contribution in [1.29, 1.82) is 0 Å². The molecule has 0 saturated carbocycles. The van der Waals surface area contributed by atoms with Crippen LogP contribution in [0.3, 0.4) is 0 Å². The monoisotopic (exact) mass is 268 g/mol. The van der Waals surface area contributed by atoms with Crippen LogP contribution < -0.4 is 5.32 Å². The summed E-state index contributed by atoms with van der Waals surface area (Å²) >= 11 is 0. The van der Waals surface area contributed by atoms with E-state index < -0.39 is 6.10 Å². The third-order valence-corrected chi connectivity index (χ3v) is 3.48. The van der Waals surface area contributed by atoms with E-state index in [0.29, 0.717) is 25.5 Å². The first-order chi connectivity index (χ1) is 9.13. The van der Waals surface area contributed by atoms with Gasteiger partial charge in [0.1, 0.15) is 11.8 Å². The van der Waals surface area contributed by atoms with Crippen molar-refractivity contribution < 1.29 is 19.4 Å². The summed E-state index contributed by atoms with van der Waals surface area (Å²) in [7, 11) is 3.36. The average Bonchev–Trinajstić information content (AvgIpc) is 2.83. The molecule has 2 rings (SSSR count). The van der Waals surface area contributed by atoms with E-state index in [1.165, 1.54) is 0 Å². The number of methoxy groups -OCH3 is 1. The van der Waals surface area contributed by atoms with Gasteiger partial charge in [-0.1, -0.05) is 0 Å². The molecule has 0 bridgehead atoms. The largest absolute Gasteiger partial charge is 0.390 e. The van der Waals surface area contributed by atoms with Crippen molar-refractivity contribution in [2.45, 2.75) is 12.2 Å². The molecule has 1 fully saturated rings. The lowest BCUT2D eigenvalue weighted by Gasteiger charge is -2.33. The highest BCUT2D eigenvalue weighted by molar-refractivity contribution is 5.92. The molecule has 1 aromatic rings. The lowest BCUT2D eigenvalue weighted by atomic mass is 9.96. The van der Waals surface area contributed by atoms with Crippen molar-refractivity contribution in [2.75, 3.05) is 26.9 Å². The predicted molar refractivity (Wildman–Crippen MR) is 68.9 cm³/mol. The smallest absolute Gasteiger partial charge is 0.267 e. The average molecular weight is 268 g/mol. The standard InChI is InChI=1S/C13H20N2O4/c1-15-5-3-4-10(15)13(17)14-6-9-7-19-8-11(18-2)12(9)16/h3-5,9,11-12,16H,6-8H2,1-2H3,(H,14,17)/t9-,11-,12+/m1/s1. The molecule has 1 aliphatic heterocycles. The number of aliphatic hydroxyl groups excluding tert-OH is 1. The van der Waals surface area contributed by atoms with Gasteiger partial charge in [-0.25, -0.2) is 0 Å². The number of aryl methyl sites for hydroxylation is 1. The van der Waals surface area contributed by atoms with Crippen LogP contribution in [0, 0.1) is 5.92 Å². The molecule has 1 aromatic heterocycles. The molecule has 2 N–H and O–H groups in total. The molecule has 0 spiro atoms. The number of nitrogens with one attached hydrogen (secondary N) is 1. The fourth-order valence-electron chi connectivity index (χ4n) is 2.23. The highest BCUT2D eigenvalue weighted by Gasteiger charge is 2.32. The number of aliphatic hydroxyl groups is 1. The van der Waals surface area contributed by atoms with Gasteiger partial charge in [0.2, 0.25) is 0 Å². The summed E-state index contributed by atoms with van der Waals surface area (Å²) in [6.45, 7) is 1.18. The Morgan fingerprint density at radius 2 is 2.42 bits per heavy atom. The fourth-order valence-corrected chi connectivity index (χ4v) is 2.23. The zero-order chi connectivity index (χ0) is 13.8. The number of hydrogen-bond acceptors (Lipinski definition) is 4. The molecule has 6 nitrogen and oxygen atoms in total. The van der Waals surface area contributed by atoms with Crippen LogP contribution in [0.2, 0.25) is 0 Å². The van der Waals surface area contributed by atoms with E-state index in [0.717, 1.165) is 0 Å². The van der Waals surface area contributed by atoms with Crippen LogP contribution in [-0.2, 0) is 16.5 Å². The second-order valence-corrected chi connectivity index (χ2v) is 4.78. The second-order valence-electron chi connectivity index (χ2n) is 4.78. The van der Waals surface area contributed by atoms with Gasteiger partial charge in [0, 0.05) is 32.8 Å². The molecule has 0 unspecified atom stereocenters. The normalized spacial score (nSPS) is 27.2. The maximum atomic E-state index is 11.9.